The molecule has 0 amide bonds. The molecule has 0 radical (unpaired) electrons. The summed E-state index contributed by atoms with van der Waals surface area (Å²) in [4.78, 5) is 10.8. The highest BCUT2D eigenvalue weighted by atomic mass is 15.0. The molecule has 55 heavy (non-hydrogen) atoms. The predicted octanol–water partition coefficient (Wildman–Crippen LogP) is 14.1. The van der Waals surface area contributed by atoms with Gasteiger partial charge in [0.25, 0.3) is 0 Å². The van der Waals surface area contributed by atoms with Crippen LogP contribution in [0.3, 0.4) is 0 Å². The van der Waals surface area contributed by atoms with Crippen LogP contribution in [0.2, 0.25) is 0 Å². The summed E-state index contributed by atoms with van der Waals surface area (Å²) in [5.41, 5.74) is 11.9. The Hall–Kier alpha value is -6.32. The van der Waals surface area contributed by atoms with Crippen LogP contribution in [0.15, 0.2) is 198 Å². The van der Waals surface area contributed by atoms with Crippen molar-refractivity contribution in [3.8, 4) is 0 Å². The highest BCUT2D eigenvalue weighted by molar-refractivity contribution is 6.16. The monoisotopic (exact) mass is 713 g/mol. The predicted molar refractivity (Wildman–Crippen MR) is 234 cm³/mol. The molecule has 1 unspecified atom stereocenters. The Kier molecular flexibility index (Phi) is 11.2. The van der Waals surface area contributed by atoms with Gasteiger partial charge in [0.05, 0.1) is 39.9 Å². The van der Waals surface area contributed by atoms with E-state index >= 15 is 0 Å². The molecule has 8 rings (SSSR count). The molecule has 3 nitrogen and oxygen atoms in total. The van der Waals surface area contributed by atoms with Crippen molar-refractivity contribution < 1.29 is 0 Å². The largest absolute Gasteiger partial charge is 0.333 e. The van der Waals surface area contributed by atoms with Crippen LogP contribution in [0.25, 0.3) is 21.8 Å². The number of hydrogen-bond donors (Lipinski definition) is 0. The molecule has 0 aliphatic rings. The first-order valence-corrected chi connectivity index (χ1v) is 19.8. The first-order valence-electron chi connectivity index (χ1n) is 19.8. The Morgan fingerprint density at radius 2 is 0.818 bits per heavy atom. The molecule has 7 aromatic carbocycles. The maximum absolute atomic E-state index is 5.39. The fourth-order valence-electron chi connectivity index (χ4n) is 7.79. The Morgan fingerprint density at radius 1 is 0.436 bits per heavy atom. The van der Waals surface area contributed by atoms with Gasteiger partial charge in [-0.1, -0.05) is 203 Å². The van der Waals surface area contributed by atoms with E-state index in [1.165, 1.54) is 53.1 Å². The third kappa shape index (κ3) is 8.12. The summed E-state index contributed by atoms with van der Waals surface area (Å²) >= 11 is 0. The van der Waals surface area contributed by atoms with Gasteiger partial charge in [-0.2, -0.15) is 0 Å². The number of nitrogens with zero attached hydrogens (tertiary/aromatic N) is 3. The topological polar surface area (TPSA) is 29.6 Å². The zero-order valence-electron chi connectivity index (χ0n) is 31.6. The lowest BCUT2D eigenvalue weighted by molar-refractivity contribution is 0.513. The number of hydrogen-bond acceptors (Lipinski definition) is 2. The normalized spacial score (nSPS) is 11.7. The number of rotatable bonds is 14. The van der Waals surface area contributed by atoms with Crippen molar-refractivity contribution in [2.45, 2.75) is 51.5 Å². The summed E-state index contributed by atoms with van der Waals surface area (Å²) < 4.78 is 2.59. The van der Waals surface area contributed by atoms with Gasteiger partial charge in [0, 0.05) is 33.0 Å². The zero-order chi connectivity index (χ0) is 37.2. The molecule has 1 aromatic heterocycles. The SMILES string of the molecule is CCCCCCCC(c1ccccc1)n1c2cc(N=C(c3ccccc3)c3ccccc3)ccc2c2ccc(N=C(c3ccccc3)c3ccccc3)cc21. The van der Waals surface area contributed by atoms with Gasteiger partial charge in [-0.25, -0.2) is 9.98 Å². The Balaban J connectivity index is 1.34. The number of unbranched alkanes of at least 4 members (excludes halogenated alkanes) is 4. The van der Waals surface area contributed by atoms with Crippen LogP contribution >= 0.6 is 0 Å². The molecule has 0 aliphatic carbocycles. The van der Waals surface area contributed by atoms with E-state index in [1.54, 1.807) is 0 Å². The minimum Gasteiger partial charge on any atom is -0.333 e. The van der Waals surface area contributed by atoms with Gasteiger partial charge < -0.3 is 4.57 Å². The van der Waals surface area contributed by atoms with E-state index < -0.39 is 0 Å². The van der Waals surface area contributed by atoms with E-state index in [0.717, 1.165) is 57.9 Å². The summed E-state index contributed by atoms with van der Waals surface area (Å²) in [5.74, 6) is 0. The molecule has 1 atom stereocenters. The lowest BCUT2D eigenvalue weighted by Gasteiger charge is -2.23. The highest BCUT2D eigenvalue weighted by Crippen LogP contribution is 2.40. The molecule has 3 heteroatoms. The zero-order valence-corrected chi connectivity index (χ0v) is 31.6. The van der Waals surface area contributed by atoms with Crippen LogP contribution in [0.5, 0.6) is 0 Å². The van der Waals surface area contributed by atoms with Crippen LogP contribution in [-0.4, -0.2) is 16.0 Å². The molecule has 0 saturated heterocycles. The van der Waals surface area contributed by atoms with Gasteiger partial charge in [-0.3, -0.25) is 0 Å². The average Bonchev–Trinajstić information content (AvgIpc) is 3.57. The minimum absolute atomic E-state index is 0.145. The maximum atomic E-state index is 5.39. The highest BCUT2D eigenvalue weighted by Gasteiger charge is 2.21. The van der Waals surface area contributed by atoms with Crippen molar-refractivity contribution in [1.29, 1.82) is 0 Å². The number of fused-ring (bicyclic) bond motifs is 3. The standard InChI is InChI=1S/C52H47N3/c1-2-3-4-5-21-32-48(39-22-11-6-12-23-39)55-49-37-44(53-51(40-24-13-7-14-25-40)41-26-15-8-16-27-41)33-35-46(49)47-36-34-45(38-50(47)55)54-52(42-28-17-9-18-29-42)43-30-19-10-20-31-43/h6-20,22-31,33-38,48H,2-5,21,32H2,1H3. The second-order valence-electron chi connectivity index (χ2n) is 14.3. The van der Waals surface area contributed by atoms with Crippen LogP contribution in [0.4, 0.5) is 11.4 Å². The number of aromatic nitrogens is 1. The lowest BCUT2D eigenvalue weighted by Crippen LogP contribution is -2.11. The quantitative estimate of drug-likeness (QED) is 0.0793. The molecule has 0 N–H and O–H groups in total. The lowest BCUT2D eigenvalue weighted by atomic mass is 9.99. The van der Waals surface area contributed by atoms with Crippen LogP contribution in [0.1, 0.15) is 79.3 Å². The number of aliphatic imine (C=N–C) groups is 2. The number of benzene rings is 7. The van der Waals surface area contributed by atoms with Crippen LogP contribution < -0.4 is 0 Å². The molecular weight excluding hydrogens is 667 g/mol. The van der Waals surface area contributed by atoms with Crippen LogP contribution in [-0.2, 0) is 0 Å². The second kappa shape index (κ2) is 17.2. The van der Waals surface area contributed by atoms with E-state index in [0.29, 0.717) is 0 Å². The van der Waals surface area contributed by atoms with E-state index in [9.17, 15) is 0 Å². The van der Waals surface area contributed by atoms with Crippen molar-refractivity contribution in [1.82, 2.24) is 4.57 Å². The molecule has 1 heterocycles. The van der Waals surface area contributed by atoms with Gasteiger partial charge in [-0.15, -0.1) is 0 Å². The van der Waals surface area contributed by atoms with Crippen molar-refractivity contribution >= 4 is 44.6 Å². The minimum atomic E-state index is 0.145. The third-order valence-corrected chi connectivity index (χ3v) is 10.5. The van der Waals surface area contributed by atoms with Gasteiger partial charge >= 0.3 is 0 Å². The van der Waals surface area contributed by atoms with E-state index in [1.807, 2.05) is 0 Å². The van der Waals surface area contributed by atoms with E-state index in [2.05, 4.69) is 200 Å². The molecule has 0 aliphatic heterocycles. The molecular formula is C52H47N3. The van der Waals surface area contributed by atoms with Crippen LogP contribution in [0, 0.1) is 0 Å². The van der Waals surface area contributed by atoms with E-state index in [-0.39, 0.29) is 6.04 Å². The van der Waals surface area contributed by atoms with Gasteiger partial charge in [0.15, 0.2) is 0 Å². The third-order valence-electron chi connectivity index (χ3n) is 10.5. The van der Waals surface area contributed by atoms with Crippen molar-refractivity contribution in [3.05, 3.63) is 216 Å². The van der Waals surface area contributed by atoms with Gasteiger partial charge in [0.1, 0.15) is 0 Å². The molecule has 0 saturated carbocycles. The van der Waals surface area contributed by atoms with Crippen molar-refractivity contribution in [2.24, 2.45) is 9.98 Å². The smallest absolute Gasteiger partial charge is 0.0781 e. The molecule has 0 spiro atoms. The van der Waals surface area contributed by atoms with Crippen molar-refractivity contribution in [3.63, 3.8) is 0 Å². The molecule has 8 aromatic rings. The summed E-state index contributed by atoms with van der Waals surface area (Å²) in [6.45, 7) is 2.28. The fraction of sp³-hybridized carbons (Fsp3) is 0.154. The first kappa shape index (κ1) is 35.7. The molecule has 270 valence electrons. The second-order valence-corrected chi connectivity index (χ2v) is 14.3. The summed E-state index contributed by atoms with van der Waals surface area (Å²) in [6.07, 6.45) is 7.23. The summed E-state index contributed by atoms with van der Waals surface area (Å²) in [7, 11) is 0. The summed E-state index contributed by atoms with van der Waals surface area (Å²) in [5, 5.41) is 2.45. The maximum Gasteiger partial charge on any atom is 0.0781 e. The summed E-state index contributed by atoms with van der Waals surface area (Å²) in [6, 6.07) is 66.8. The van der Waals surface area contributed by atoms with Crippen molar-refractivity contribution in [2.75, 3.05) is 0 Å². The van der Waals surface area contributed by atoms with E-state index in [4.69, 9.17) is 9.98 Å². The molecule has 0 bridgehead atoms. The Labute approximate surface area is 325 Å². The molecule has 0 fully saturated rings. The first-order chi connectivity index (χ1) is 27.3. The Morgan fingerprint density at radius 3 is 1.22 bits per heavy atom. The fourth-order valence-corrected chi connectivity index (χ4v) is 7.79. The Bertz CT molecular complexity index is 2280. The van der Waals surface area contributed by atoms with Gasteiger partial charge in [0.2, 0.25) is 0 Å². The van der Waals surface area contributed by atoms with Gasteiger partial charge in [-0.05, 0) is 36.2 Å². The average molecular weight is 714 g/mol.